The van der Waals surface area contributed by atoms with Crippen molar-refractivity contribution in [2.24, 2.45) is 0 Å². The third kappa shape index (κ3) is 3.00. The van der Waals surface area contributed by atoms with Crippen LogP contribution < -0.4 is 0 Å². The zero-order valence-corrected chi connectivity index (χ0v) is 11.9. The third-order valence-corrected chi connectivity index (χ3v) is 4.89. The number of benzene rings is 1. The molecule has 2 rings (SSSR count). The van der Waals surface area contributed by atoms with Crippen LogP contribution in [0.4, 0.5) is 0 Å². The highest BCUT2D eigenvalue weighted by molar-refractivity contribution is 8.01. The fourth-order valence-corrected chi connectivity index (χ4v) is 3.63. The van der Waals surface area contributed by atoms with Gasteiger partial charge in [-0.1, -0.05) is 30.3 Å². The van der Waals surface area contributed by atoms with Crippen LogP contribution in [0.1, 0.15) is 31.7 Å². The van der Waals surface area contributed by atoms with Crippen LogP contribution in [-0.4, -0.2) is 23.1 Å². The lowest BCUT2D eigenvalue weighted by Gasteiger charge is -2.24. The molecule has 0 aromatic heterocycles. The molecule has 0 aliphatic heterocycles. The van der Waals surface area contributed by atoms with Gasteiger partial charge in [0.25, 0.3) is 0 Å². The highest BCUT2D eigenvalue weighted by atomic mass is 32.2. The van der Waals surface area contributed by atoms with E-state index in [4.69, 9.17) is 4.74 Å². The molecule has 0 spiro atoms. The third-order valence-electron chi connectivity index (χ3n) is 3.32. The van der Waals surface area contributed by atoms with Gasteiger partial charge in [-0.25, -0.2) is 0 Å². The Morgan fingerprint density at radius 2 is 2.11 bits per heavy atom. The Balaban J connectivity index is 2.11. The maximum Gasteiger partial charge on any atom is 0.329 e. The number of hydrogen-bond donors (Lipinski definition) is 0. The molecule has 1 aliphatic rings. The average Bonchev–Trinajstić information content (AvgIpc) is 2.80. The van der Waals surface area contributed by atoms with E-state index in [2.05, 4.69) is 0 Å². The second kappa shape index (κ2) is 6.24. The number of ketones is 1. The zero-order chi connectivity index (χ0) is 13.7. The standard InChI is InChI=1S/C15H18O3S/c1-2-18-14(17)15(10-6-9-13(15)16)19-11-12-7-4-3-5-8-12/h3-5,7-8H,2,6,9-11H2,1H3. The molecule has 102 valence electrons. The van der Waals surface area contributed by atoms with E-state index >= 15 is 0 Å². The predicted octanol–water partition coefficient (Wildman–Crippen LogP) is 2.97. The fraction of sp³-hybridized carbons (Fsp3) is 0.467. The van der Waals surface area contributed by atoms with E-state index in [-0.39, 0.29) is 11.8 Å². The van der Waals surface area contributed by atoms with Crippen molar-refractivity contribution in [2.75, 3.05) is 6.61 Å². The smallest absolute Gasteiger partial charge is 0.329 e. The molecule has 1 atom stereocenters. The van der Waals surface area contributed by atoms with Crippen LogP contribution in [0.2, 0.25) is 0 Å². The summed E-state index contributed by atoms with van der Waals surface area (Å²) >= 11 is 1.42. The molecule has 1 saturated carbocycles. The summed E-state index contributed by atoms with van der Waals surface area (Å²) in [5, 5.41) is 0. The van der Waals surface area contributed by atoms with E-state index in [0.717, 1.165) is 12.0 Å². The number of hydrogen-bond acceptors (Lipinski definition) is 4. The molecule has 1 aromatic carbocycles. The molecular formula is C15H18O3S. The van der Waals surface area contributed by atoms with Crippen LogP contribution in [0.5, 0.6) is 0 Å². The van der Waals surface area contributed by atoms with Crippen molar-refractivity contribution in [2.45, 2.75) is 36.7 Å². The Hall–Kier alpha value is -1.29. The number of carbonyl (C=O) groups excluding carboxylic acids is 2. The first-order valence-electron chi connectivity index (χ1n) is 6.57. The molecule has 1 aliphatic carbocycles. The van der Waals surface area contributed by atoms with E-state index in [1.165, 1.54) is 11.8 Å². The molecule has 1 unspecified atom stereocenters. The van der Waals surface area contributed by atoms with E-state index in [9.17, 15) is 9.59 Å². The highest BCUT2D eigenvalue weighted by Crippen LogP contribution is 2.41. The van der Waals surface area contributed by atoms with Crippen molar-refractivity contribution >= 4 is 23.5 Å². The van der Waals surface area contributed by atoms with Crippen molar-refractivity contribution in [3.63, 3.8) is 0 Å². The quantitative estimate of drug-likeness (QED) is 0.613. The van der Waals surface area contributed by atoms with Crippen molar-refractivity contribution in [3.05, 3.63) is 35.9 Å². The van der Waals surface area contributed by atoms with Gasteiger partial charge in [0.2, 0.25) is 0 Å². The Labute approximate surface area is 117 Å². The van der Waals surface area contributed by atoms with Crippen molar-refractivity contribution in [1.82, 2.24) is 0 Å². The maximum atomic E-state index is 12.1. The Kier molecular flexibility index (Phi) is 4.64. The lowest BCUT2D eigenvalue weighted by Crippen LogP contribution is -2.41. The number of esters is 1. The molecule has 0 amide bonds. The van der Waals surface area contributed by atoms with Crippen molar-refractivity contribution < 1.29 is 14.3 Å². The first kappa shape index (κ1) is 14.1. The van der Waals surface area contributed by atoms with Gasteiger partial charge in [-0.2, -0.15) is 0 Å². The Morgan fingerprint density at radius 3 is 2.68 bits per heavy atom. The summed E-state index contributed by atoms with van der Waals surface area (Å²) in [5.41, 5.74) is 1.12. The van der Waals surface area contributed by atoms with Gasteiger partial charge in [0.1, 0.15) is 0 Å². The zero-order valence-electron chi connectivity index (χ0n) is 11.1. The summed E-state index contributed by atoms with van der Waals surface area (Å²) in [5.74, 6) is 0.316. The molecule has 0 saturated heterocycles. The maximum absolute atomic E-state index is 12.1. The number of thioether (sulfide) groups is 1. The monoisotopic (exact) mass is 278 g/mol. The Bertz CT molecular complexity index is 458. The van der Waals surface area contributed by atoms with Gasteiger partial charge in [-0.3, -0.25) is 9.59 Å². The fourth-order valence-electron chi connectivity index (χ4n) is 2.30. The number of Topliss-reactive ketones (excluding diaryl/α,β-unsaturated/α-hetero) is 1. The minimum absolute atomic E-state index is 0.0203. The molecule has 1 fully saturated rings. The summed E-state index contributed by atoms with van der Waals surface area (Å²) in [4.78, 5) is 24.2. The largest absolute Gasteiger partial charge is 0.465 e. The number of rotatable bonds is 5. The van der Waals surface area contributed by atoms with Crippen LogP contribution in [0.25, 0.3) is 0 Å². The topological polar surface area (TPSA) is 43.4 Å². The van der Waals surface area contributed by atoms with Crippen molar-refractivity contribution in [3.8, 4) is 0 Å². The molecule has 0 heterocycles. The molecule has 3 nitrogen and oxygen atoms in total. The van der Waals surface area contributed by atoms with Gasteiger partial charge < -0.3 is 4.74 Å². The van der Waals surface area contributed by atoms with E-state index in [1.54, 1.807) is 6.92 Å². The SMILES string of the molecule is CCOC(=O)C1(SCc2ccccc2)CCCC1=O. The van der Waals surface area contributed by atoms with Gasteiger partial charge in [0, 0.05) is 12.2 Å². The first-order valence-corrected chi connectivity index (χ1v) is 7.56. The summed E-state index contributed by atoms with van der Waals surface area (Å²) in [6.45, 7) is 2.09. The molecule has 0 bridgehead atoms. The van der Waals surface area contributed by atoms with E-state index < -0.39 is 4.75 Å². The second-order valence-electron chi connectivity index (χ2n) is 4.60. The first-order chi connectivity index (χ1) is 9.19. The number of ether oxygens (including phenoxy) is 1. The summed E-state index contributed by atoms with van der Waals surface area (Å²) < 4.78 is 4.14. The lowest BCUT2D eigenvalue weighted by molar-refractivity contribution is -0.148. The lowest BCUT2D eigenvalue weighted by atomic mass is 10.1. The van der Waals surface area contributed by atoms with E-state index in [0.29, 0.717) is 25.2 Å². The molecular weight excluding hydrogens is 260 g/mol. The van der Waals surface area contributed by atoms with Crippen molar-refractivity contribution in [1.29, 1.82) is 0 Å². The van der Waals surface area contributed by atoms with Gasteiger partial charge in [0.15, 0.2) is 10.5 Å². The summed E-state index contributed by atoms with van der Waals surface area (Å²) in [6.07, 6.45) is 1.86. The normalized spacial score (nSPS) is 22.5. The average molecular weight is 278 g/mol. The van der Waals surface area contributed by atoms with E-state index in [1.807, 2.05) is 30.3 Å². The molecule has 0 N–H and O–H groups in total. The van der Waals surface area contributed by atoms with Gasteiger partial charge in [-0.05, 0) is 25.3 Å². The molecule has 4 heteroatoms. The molecule has 1 aromatic rings. The van der Waals surface area contributed by atoms with Gasteiger partial charge in [0.05, 0.1) is 6.61 Å². The molecule has 19 heavy (non-hydrogen) atoms. The second-order valence-corrected chi connectivity index (χ2v) is 5.87. The van der Waals surface area contributed by atoms with Crippen LogP contribution in [-0.2, 0) is 20.1 Å². The van der Waals surface area contributed by atoms with Crippen LogP contribution in [0.15, 0.2) is 30.3 Å². The van der Waals surface area contributed by atoms with Crippen LogP contribution in [0, 0.1) is 0 Å². The summed E-state index contributed by atoms with van der Waals surface area (Å²) in [7, 11) is 0. The number of carbonyl (C=O) groups is 2. The molecule has 0 radical (unpaired) electrons. The Morgan fingerprint density at radius 1 is 1.37 bits per heavy atom. The van der Waals surface area contributed by atoms with Gasteiger partial charge in [-0.15, -0.1) is 11.8 Å². The van der Waals surface area contributed by atoms with Crippen LogP contribution in [0.3, 0.4) is 0 Å². The van der Waals surface area contributed by atoms with Gasteiger partial charge >= 0.3 is 5.97 Å². The minimum Gasteiger partial charge on any atom is -0.465 e. The minimum atomic E-state index is -0.966. The highest BCUT2D eigenvalue weighted by Gasteiger charge is 2.50. The van der Waals surface area contributed by atoms with Crippen LogP contribution >= 0.6 is 11.8 Å². The predicted molar refractivity (Wildman–Crippen MR) is 76.0 cm³/mol. The summed E-state index contributed by atoms with van der Waals surface area (Å²) in [6, 6.07) is 9.89.